The molecule has 1 aromatic heterocycles. The van der Waals surface area contributed by atoms with E-state index in [1.54, 1.807) is 30.5 Å². The van der Waals surface area contributed by atoms with Crippen molar-refractivity contribution in [1.29, 1.82) is 0 Å². The third-order valence-electron chi connectivity index (χ3n) is 2.56. The second-order valence-electron chi connectivity index (χ2n) is 3.90. The Morgan fingerprint density at radius 3 is 2.71 bits per heavy atom. The molecule has 5 nitrogen and oxygen atoms in total. The topological polar surface area (TPSA) is 76.5 Å². The normalized spacial score (nSPS) is 10.2. The molecule has 1 N–H and O–H groups in total. The lowest BCUT2D eigenvalue weighted by Crippen LogP contribution is -2.04. The number of ether oxygens (including phenoxy) is 1. The molecule has 0 aliphatic carbocycles. The number of carboxylic acid groups (broad SMARTS) is 1. The lowest BCUT2D eigenvalue weighted by molar-refractivity contribution is 0.0595. The first-order valence-corrected chi connectivity index (χ1v) is 7.38. The summed E-state index contributed by atoms with van der Waals surface area (Å²) in [5, 5.41) is 9.57. The number of carbonyl (C=O) groups excluding carboxylic acids is 1. The number of aromatic nitrogens is 1. The second kappa shape index (κ2) is 6.73. The first-order valence-electron chi connectivity index (χ1n) is 5.77. The molecule has 108 valence electrons. The van der Waals surface area contributed by atoms with Gasteiger partial charge in [0, 0.05) is 15.6 Å². The molecule has 2 aromatic rings. The molecule has 0 bridgehead atoms. The average Bonchev–Trinajstić information content (AvgIpc) is 2.48. The van der Waals surface area contributed by atoms with E-state index in [9.17, 15) is 9.59 Å². The minimum absolute atomic E-state index is 0.149. The van der Waals surface area contributed by atoms with Gasteiger partial charge in [0.1, 0.15) is 5.03 Å². The Hall–Kier alpha value is -1.86. The lowest BCUT2D eigenvalue weighted by Gasteiger charge is -2.07. The standard InChI is InChI=1S/C14H10BrNO4S/c1-20-14(19)9-3-2-6-16-12(9)21-8-4-5-11(15)10(7-8)13(17)18/h2-7H,1H3,(H,17,18). The zero-order chi connectivity index (χ0) is 15.4. The summed E-state index contributed by atoms with van der Waals surface area (Å²) in [6.07, 6.45) is 1.56. The number of carbonyl (C=O) groups is 2. The number of hydrogen-bond donors (Lipinski definition) is 1. The second-order valence-corrected chi connectivity index (χ2v) is 5.81. The fourth-order valence-corrected chi connectivity index (χ4v) is 2.91. The molecular weight excluding hydrogens is 358 g/mol. The average molecular weight is 368 g/mol. The number of benzene rings is 1. The Bertz CT molecular complexity index is 705. The van der Waals surface area contributed by atoms with Crippen LogP contribution in [0.4, 0.5) is 0 Å². The van der Waals surface area contributed by atoms with Crippen LogP contribution in [0.15, 0.2) is 50.9 Å². The molecule has 2 rings (SSSR count). The van der Waals surface area contributed by atoms with E-state index < -0.39 is 11.9 Å². The predicted octanol–water partition coefficient (Wildman–Crippen LogP) is 3.48. The van der Waals surface area contributed by atoms with Gasteiger partial charge in [-0.25, -0.2) is 14.6 Å². The van der Waals surface area contributed by atoms with Gasteiger partial charge in [0.25, 0.3) is 0 Å². The molecule has 0 aliphatic heterocycles. The number of esters is 1. The van der Waals surface area contributed by atoms with E-state index in [2.05, 4.69) is 20.9 Å². The Balaban J connectivity index is 2.37. The van der Waals surface area contributed by atoms with Gasteiger partial charge in [0.05, 0.1) is 18.2 Å². The summed E-state index contributed by atoms with van der Waals surface area (Å²) in [6, 6.07) is 8.16. The molecule has 0 spiro atoms. The highest BCUT2D eigenvalue weighted by Crippen LogP contribution is 2.31. The van der Waals surface area contributed by atoms with Crippen LogP contribution in [0.2, 0.25) is 0 Å². The number of carboxylic acids is 1. The zero-order valence-corrected chi connectivity index (χ0v) is 13.3. The van der Waals surface area contributed by atoms with Crippen molar-refractivity contribution in [2.45, 2.75) is 9.92 Å². The van der Waals surface area contributed by atoms with Crippen LogP contribution in [-0.2, 0) is 4.74 Å². The van der Waals surface area contributed by atoms with E-state index in [1.165, 1.54) is 24.9 Å². The molecular formula is C14H10BrNO4S. The molecule has 21 heavy (non-hydrogen) atoms. The number of rotatable bonds is 4. The van der Waals surface area contributed by atoms with Gasteiger partial charge in [0.2, 0.25) is 0 Å². The Morgan fingerprint density at radius 1 is 1.29 bits per heavy atom. The molecule has 1 aromatic carbocycles. The lowest BCUT2D eigenvalue weighted by atomic mass is 10.2. The first-order chi connectivity index (χ1) is 10.0. The monoisotopic (exact) mass is 367 g/mol. The molecule has 7 heteroatoms. The number of nitrogens with zero attached hydrogens (tertiary/aromatic N) is 1. The molecule has 1 heterocycles. The molecule has 0 unspecified atom stereocenters. The van der Waals surface area contributed by atoms with Crippen molar-refractivity contribution >= 4 is 39.6 Å². The van der Waals surface area contributed by atoms with Gasteiger partial charge in [-0.1, -0.05) is 11.8 Å². The number of aromatic carboxylic acids is 1. The van der Waals surface area contributed by atoms with Gasteiger partial charge >= 0.3 is 11.9 Å². The van der Waals surface area contributed by atoms with Gasteiger partial charge in [0.15, 0.2) is 0 Å². The zero-order valence-electron chi connectivity index (χ0n) is 10.9. The quantitative estimate of drug-likeness (QED) is 0.833. The van der Waals surface area contributed by atoms with Crippen molar-refractivity contribution in [3.05, 3.63) is 52.1 Å². The number of methoxy groups -OCH3 is 1. The minimum Gasteiger partial charge on any atom is -0.478 e. The summed E-state index contributed by atoms with van der Waals surface area (Å²) in [4.78, 5) is 27.6. The van der Waals surface area contributed by atoms with Gasteiger partial charge in [-0.2, -0.15) is 0 Å². The third kappa shape index (κ3) is 3.62. The van der Waals surface area contributed by atoms with Crippen LogP contribution in [0, 0.1) is 0 Å². The van der Waals surface area contributed by atoms with Gasteiger partial charge in [-0.05, 0) is 46.3 Å². The Kier molecular flexibility index (Phi) is 4.98. The van der Waals surface area contributed by atoms with E-state index in [0.717, 1.165) is 0 Å². The number of pyridine rings is 1. The summed E-state index contributed by atoms with van der Waals surface area (Å²) < 4.78 is 5.20. The Morgan fingerprint density at radius 2 is 2.05 bits per heavy atom. The summed E-state index contributed by atoms with van der Waals surface area (Å²) in [6.45, 7) is 0. The van der Waals surface area contributed by atoms with Crippen molar-refractivity contribution in [3.8, 4) is 0 Å². The first kappa shape index (κ1) is 15.5. The summed E-state index contributed by atoms with van der Waals surface area (Å²) in [5.74, 6) is -1.51. The van der Waals surface area contributed by atoms with E-state index >= 15 is 0 Å². The van der Waals surface area contributed by atoms with Crippen molar-refractivity contribution in [1.82, 2.24) is 4.98 Å². The van der Waals surface area contributed by atoms with Crippen LogP contribution in [0.5, 0.6) is 0 Å². The number of halogens is 1. The summed E-state index contributed by atoms with van der Waals surface area (Å²) in [5.41, 5.74) is 0.486. The van der Waals surface area contributed by atoms with Gasteiger partial charge in [-0.3, -0.25) is 0 Å². The van der Waals surface area contributed by atoms with Gasteiger partial charge < -0.3 is 9.84 Å². The van der Waals surface area contributed by atoms with Crippen LogP contribution < -0.4 is 0 Å². The Labute approximate surface area is 133 Å². The molecule has 0 fully saturated rings. The molecule has 0 radical (unpaired) electrons. The van der Waals surface area contributed by atoms with Crippen molar-refractivity contribution in [3.63, 3.8) is 0 Å². The maximum atomic E-state index is 11.7. The predicted molar refractivity (Wildman–Crippen MR) is 80.8 cm³/mol. The smallest absolute Gasteiger partial charge is 0.340 e. The van der Waals surface area contributed by atoms with E-state index in [4.69, 9.17) is 9.84 Å². The van der Waals surface area contributed by atoms with E-state index in [-0.39, 0.29) is 5.56 Å². The molecule has 0 atom stereocenters. The molecule has 0 aliphatic rings. The fraction of sp³-hybridized carbons (Fsp3) is 0.0714. The van der Waals surface area contributed by atoms with Gasteiger partial charge in [-0.15, -0.1) is 0 Å². The minimum atomic E-state index is -1.03. The van der Waals surface area contributed by atoms with Crippen molar-refractivity contribution in [2.24, 2.45) is 0 Å². The number of hydrogen-bond acceptors (Lipinski definition) is 5. The third-order valence-corrected chi connectivity index (χ3v) is 4.26. The largest absolute Gasteiger partial charge is 0.478 e. The highest BCUT2D eigenvalue weighted by atomic mass is 79.9. The maximum Gasteiger partial charge on any atom is 0.340 e. The van der Waals surface area contributed by atoms with Crippen LogP contribution in [0.3, 0.4) is 0 Å². The fourth-order valence-electron chi connectivity index (χ4n) is 1.58. The van der Waals surface area contributed by atoms with Crippen molar-refractivity contribution < 1.29 is 19.4 Å². The van der Waals surface area contributed by atoms with E-state index in [0.29, 0.717) is 20.0 Å². The molecule has 0 saturated carbocycles. The maximum absolute atomic E-state index is 11.7. The van der Waals surface area contributed by atoms with Crippen LogP contribution in [0.1, 0.15) is 20.7 Å². The van der Waals surface area contributed by atoms with Crippen LogP contribution >= 0.6 is 27.7 Å². The summed E-state index contributed by atoms with van der Waals surface area (Å²) >= 11 is 4.39. The SMILES string of the molecule is COC(=O)c1cccnc1Sc1ccc(Br)c(C(=O)O)c1. The van der Waals surface area contributed by atoms with Crippen molar-refractivity contribution in [2.75, 3.05) is 7.11 Å². The van der Waals surface area contributed by atoms with Crippen LogP contribution in [0.25, 0.3) is 0 Å². The summed E-state index contributed by atoms with van der Waals surface area (Å²) in [7, 11) is 1.30. The highest BCUT2D eigenvalue weighted by Gasteiger charge is 2.15. The van der Waals surface area contributed by atoms with E-state index in [1.807, 2.05) is 0 Å². The molecule has 0 saturated heterocycles. The highest BCUT2D eigenvalue weighted by molar-refractivity contribution is 9.10. The molecule has 0 amide bonds. The van der Waals surface area contributed by atoms with Crippen LogP contribution in [-0.4, -0.2) is 29.1 Å².